The van der Waals surface area contributed by atoms with E-state index < -0.39 is 24.4 Å². The Morgan fingerprint density at radius 1 is 1.19 bits per heavy atom. The number of aliphatic hydroxyl groups is 1. The number of nitrogens with zero attached hydrogens (tertiary/aromatic N) is 1. The van der Waals surface area contributed by atoms with Crippen LogP contribution in [0, 0.1) is 5.82 Å². The number of H-pyrrole nitrogens is 2. The summed E-state index contributed by atoms with van der Waals surface area (Å²) in [5.74, 6) is -1.04. The summed E-state index contributed by atoms with van der Waals surface area (Å²) in [5.41, 5.74) is 4.60. The van der Waals surface area contributed by atoms with Gasteiger partial charge >= 0.3 is 0 Å². The normalized spacial score (nSPS) is 12.0. The Balaban J connectivity index is 1.49. The Labute approximate surface area is 225 Å². The van der Waals surface area contributed by atoms with Crippen molar-refractivity contribution in [2.75, 3.05) is 13.7 Å². The molecule has 13 heteroatoms. The lowest BCUT2D eigenvalue weighted by atomic mass is 10.0. The number of nitrogens with one attached hydrogen (secondary N) is 4. The van der Waals surface area contributed by atoms with Crippen LogP contribution in [-0.4, -0.2) is 39.9 Å². The van der Waals surface area contributed by atoms with Gasteiger partial charge in [-0.2, -0.15) is 5.10 Å². The lowest BCUT2D eigenvalue weighted by Crippen LogP contribution is -2.31. The zero-order valence-electron chi connectivity index (χ0n) is 19.3. The number of aromatic amines is 2. The van der Waals surface area contributed by atoms with Crippen molar-refractivity contribution in [3.8, 4) is 22.4 Å². The molecule has 0 unspecified atom stereocenters. The molecule has 0 saturated carbocycles. The number of carbonyl (C=O) groups is 1. The summed E-state index contributed by atoms with van der Waals surface area (Å²) >= 11 is 13.3. The molecule has 0 saturated heterocycles. The molecule has 194 valence electrons. The molecule has 4 rings (SSSR count). The maximum absolute atomic E-state index is 13.5. The third-order valence-electron chi connectivity index (χ3n) is 5.48. The second-order valence-corrected chi connectivity index (χ2v) is 9.19. The SMILES string of the molecule is COOSNCc1ccc(-c2cn[nH]c2-c2c[nH]c(C(=O)N[C@H](CO)c3ccc(F)c(Cl)c3)c2)cc1Cl. The first-order valence-corrected chi connectivity index (χ1v) is 12.4. The fourth-order valence-electron chi connectivity index (χ4n) is 3.62. The van der Waals surface area contributed by atoms with Crippen molar-refractivity contribution in [3.63, 3.8) is 0 Å². The van der Waals surface area contributed by atoms with Crippen molar-refractivity contribution < 1.29 is 23.5 Å². The first kappa shape index (κ1) is 27.1. The average molecular weight is 566 g/mol. The highest BCUT2D eigenvalue weighted by Gasteiger charge is 2.19. The van der Waals surface area contributed by atoms with Crippen LogP contribution in [0.25, 0.3) is 22.4 Å². The highest BCUT2D eigenvalue weighted by atomic mass is 35.5. The Bertz CT molecular complexity index is 1380. The number of benzene rings is 2. The zero-order valence-corrected chi connectivity index (χ0v) is 21.7. The van der Waals surface area contributed by atoms with Crippen LogP contribution in [0.3, 0.4) is 0 Å². The van der Waals surface area contributed by atoms with Gasteiger partial charge in [-0.05, 0) is 41.0 Å². The van der Waals surface area contributed by atoms with Crippen molar-refractivity contribution in [2.24, 2.45) is 0 Å². The maximum Gasteiger partial charge on any atom is 0.268 e. The van der Waals surface area contributed by atoms with Gasteiger partial charge in [0.2, 0.25) is 0 Å². The number of rotatable bonds is 11. The lowest BCUT2D eigenvalue weighted by molar-refractivity contribution is -0.161. The first-order chi connectivity index (χ1) is 17.9. The molecule has 2 heterocycles. The molecule has 4 aromatic rings. The van der Waals surface area contributed by atoms with Gasteiger partial charge < -0.3 is 15.4 Å². The number of carbonyl (C=O) groups excluding carboxylic acids is 1. The summed E-state index contributed by atoms with van der Waals surface area (Å²) in [7, 11) is 1.41. The Kier molecular flexibility index (Phi) is 9.22. The van der Waals surface area contributed by atoms with E-state index in [0.717, 1.165) is 28.9 Å². The van der Waals surface area contributed by atoms with Gasteiger partial charge in [-0.15, -0.1) is 4.33 Å². The molecule has 0 radical (unpaired) electrons. The summed E-state index contributed by atoms with van der Waals surface area (Å²) in [6.07, 6.45) is 3.34. The molecule has 0 fully saturated rings. The fourth-order valence-corrected chi connectivity index (χ4v) is 4.38. The molecule has 0 bridgehead atoms. The van der Waals surface area contributed by atoms with Gasteiger partial charge in [0.25, 0.3) is 5.91 Å². The number of halogens is 3. The number of aliphatic hydroxyl groups excluding tert-OH is 1. The van der Waals surface area contributed by atoms with Crippen LogP contribution in [0.4, 0.5) is 4.39 Å². The van der Waals surface area contributed by atoms with Crippen molar-refractivity contribution >= 4 is 41.3 Å². The molecule has 2 aromatic carbocycles. The lowest BCUT2D eigenvalue weighted by Gasteiger charge is -2.16. The van der Waals surface area contributed by atoms with Crippen LogP contribution < -0.4 is 10.0 Å². The van der Waals surface area contributed by atoms with E-state index in [2.05, 4.69) is 30.1 Å². The summed E-state index contributed by atoms with van der Waals surface area (Å²) in [6, 6.07) is 10.5. The number of hydrogen-bond donors (Lipinski definition) is 5. The van der Waals surface area contributed by atoms with Crippen LogP contribution in [0.1, 0.15) is 27.7 Å². The van der Waals surface area contributed by atoms with Crippen LogP contribution >= 0.6 is 35.4 Å². The fraction of sp³-hybridized carbons (Fsp3) is 0.167. The summed E-state index contributed by atoms with van der Waals surface area (Å²) < 4.78 is 21.2. The smallest absolute Gasteiger partial charge is 0.268 e. The van der Waals surface area contributed by atoms with E-state index >= 15 is 0 Å². The van der Waals surface area contributed by atoms with Crippen LogP contribution in [0.2, 0.25) is 10.0 Å². The Morgan fingerprint density at radius 2 is 2.03 bits per heavy atom. The molecule has 0 aliphatic carbocycles. The molecule has 0 aliphatic rings. The Morgan fingerprint density at radius 3 is 2.76 bits per heavy atom. The van der Waals surface area contributed by atoms with E-state index in [1.54, 1.807) is 18.5 Å². The number of aromatic nitrogens is 3. The van der Waals surface area contributed by atoms with Gasteiger partial charge in [-0.3, -0.25) is 9.89 Å². The monoisotopic (exact) mass is 565 g/mol. The van der Waals surface area contributed by atoms with Crippen LogP contribution in [-0.2, 0) is 15.8 Å². The minimum absolute atomic E-state index is 0.0949. The van der Waals surface area contributed by atoms with Crippen LogP contribution in [0.5, 0.6) is 0 Å². The van der Waals surface area contributed by atoms with E-state index in [9.17, 15) is 14.3 Å². The minimum atomic E-state index is -0.769. The number of amides is 1. The van der Waals surface area contributed by atoms with Gasteiger partial charge in [-0.1, -0.05) is 41.4 Å². The molecule has 37 heavy (non-hydrogen) atoms. The van der Waals surface area contributed by atoms with Gasteiger partial charge in [0, 0.05) is 28.9 Å². The number of hydrogen-bond acceptors (Lipinski definition) is 7. The van der Waals surface area contributed by atoms with Gasteiger partial charge in [0.1, 0.15) is 23.7 Å². The minimum Gasteiger partial charge on any atom is -0.394 e. The van der Waals surface area contributed by atoms with E-state index in [1.165, 1.54) is 25.3 Å². The standard InChI is InChI=1S/C24H22Cl2FN5O4S/c1-35-36-37-30-10-15-3-2-13(6-18(15)25)17-11-29-32-23(17)16-8-21(28-9-16)24(34)31-22(12-33)14-4-5-20(27)19(26)7-14/h2-9,11,22,28,30,33H,10,12H2,1H3,(H,29,32)(H,31,34)/t22-/m1/s1. The van der Waals surface area contributed by atoms with Gasteiger partial charge in [0.15, 0.2) is 0 Å². The van der Waals surface area contributed by atoms with Crippen molar-refractivity contribution in [1.82, 2.24) is 25.2 Å². The van der Waals surface area contributed by atoms with E-state index in [0.29, 0.717) is 28.4 Å². The molecular formula is C24H22Cl2FN5O4S. The summed E-state index contributed by atoms with van der Waals surface area (Å²) in [4.78, 5) is 20.3. The van der Waals surface area contributed by atoms with Gasteiger partial charge in [-0.25, -0.2) is 14.0 Å². The average Bonchev–Trinajstić information content (AvgIpc) is 3.57. The second-order valence-electron chi connectivity index (χ2n) is 7.79. The molecule has 1 atom stereocenters. The quantitative estimate of drug-likeness (QED) is 0.0555. The van der Waals surface area contributed by atoms with E-state index in [1.807, 2.05) is 18.2 Å². The maximum atomic E-state index is 13.5. The Hall–Kier alpha value is -2.90. The van der Waals surface area contributed by atoms with E-state index in [4.69, 9.17) is 27.5 Å². The third-order valence-corrected chi connectivity index (χ3v) is 6.59. The van der Waals surface area contributed by atoms with Gasteiger partial charge in [0.05, 0.1) is 36.7 Å². The van der Waals surface area contributed by atoms with Crippen molar-refractivity contribution in [1.29, 1.82) is 0 Å². The van der Waals surface area contributed by atoms with Crippen molar-refractivity contribution in [2.45, 2.75) is 12.6 Å². The molecule has 5 N–H and O–H groups in total. The summed E-state index contributed by atoms with van der Waals surface area (Å²) in [5, 5.41) is 20.1. The molecule has 2 aromatic heterocycles. The predicted octanol–water partition coefficient (Wildman–Crippen LogP) is 5.21. The second kappa shape index (κ2) is 12.6. The first-order valence-electron chi connectivity index (χ1n) is 10.9. The molecule has 0 aliphatic heterocycles. The topological polar surface area (TPSA) is 124 Å². The molecule has 1 amide bonds. The van der Waals surface area contributed by atoms with Crippen LogP contribution in [0.15, 0.2) is 54.9 Å². The highest BCUT2D eigenvalue weighted by molar-refractivity contribution is 7.92. The molecule has 0 spiro atoms. The highest BCUT2D eigenvalue weighted by Crippen LogP contribution is 2.33. The third kappa shape index (κ3) is 6.51. The summed E-state index contributed by atoms with van der Waals surface area (Å²) in [6.45, 7) is 0.0664. The largest absolute Gasteiger partial charge is 0.394 e. The van der Waals surface area contributed by atoms with E-state index in [-0.39, 0.29) is 10.7 Å². The molecule has 9 nitrogen and oxygen atoms in total. The molecular weight excluding hydrogens is 544 g/mol. The zero-order chi connectivity index (χ0) is 26.4. The van der Waals surface area contributed by atoms with Crippen molar-refractivity contribution in [3.05, 3.63) is 87.5 Å². The predicted molar refractivity (Wildman–Crippen MR) is 140 cm³/mol.